The smallest absolute Gasteiger partial charge is 0.315 e. The van der Waals surface area contributed by atoms with E-state index in [0.29, 0.717) is 48.1 Å². The van der Waals surface area contributed by atoms with Crippen LogP contribution in [0.4, 0.5) is 16.6 Å². The number of carbonyl (C=O) groups excluding carboxylic acids is 2. The molecule has 6 heterocycles. The zero-order valence-electron chi connectivity index (χ0n) is 30.3. The summed E-state index contributed by atoms with van der Waals surface area (Å²) in [4.78, 5) is 35.9. The van der Waals surface area contributed by atoms with Gasteiger partial charge in [-0.1, -0.05) is 11.6 Å². The molecule has 4 aliphatic rings. The molecule has 0 radical (unpaired) electrons. The predicted molar refractivity (Wildman–Crippen MR) is 200 cm³/mol. The number of nitrogens with zero attached hydrogens (tertiary/aromatic N) is 6. The molecule has 4 atom stereocenters. The van der Waals surface area contributed by atoms with Crippen LogP contribution in [0.1, 0.15) is 57.1 Å². The first-order chi connectivity index (χ1) is 26.0. The average molecular weight is 754 g/mol. The monoisotopic (exact) mass is 753 g/mol. The molecule has 18 heteroatoms. The van der Waals surface area contributed by atoms with Gasteiger partial charge in [-0.05, 0) is 51.1 Å². The Labute approximate surface area is 313 Å². The molecule has 2 aromatic heterocycles. The number of carbonyl (C=O) groups is 2. The Hall–Kier alpha value is -4.13. The van der Waals surface area contributed by atoms with E-state index in [1.807, 2.05) is 30.1 Å². The van der Waals surface area contributed by atoms with Crippen molar-refractivity contribution in [2.75, 3.05) is 69.4 Å². The highest BCUT2D eigenvalue weighted by atomic mass is 32.2. The van der Waals surface area contributed by atoms with Crippen LogP contribution in [0.15, 0.2) is 18.3 Å². The summed E-state index contributed by atoms with van der Waals surface area (Å²) in [6.45, 7) is 5.01. The fourth-order valence-electron chi connectivity index (χ4n) is 7.21. The SMILES string of the molecule is COc1cc2c(N[C@@H]3CCCNC3)nc(N3CCCC3)nc2cc1OCc1cn(CCOCOCNC(=O)CCCC[C@@H]2SC[C@@H]3NC(=O)N[C@@H]32)nn1. The van der Waals surface area contributed by atoms with Crippen LogP contribution in [0.2, 0.25) is 0 Å². The van der Waals surface area contributed by atoms with E-state index >= 15 is 0 Å². The van der Waals surface area contributed by atoms with Gasteiger partial charge in [0.15, 0.2) is 11.5 Å². The van der Waals surface area contributed by atoms with Crippen LogP contribution in [0.5, 0.6) is 11.5 Å². The highest BCUT2D eigenvalue weighted by Crippen LogP contribution is 2.37. The van der Waals surface area contributed by atoms with Crippen LogP contribution in [0.25, 0.3) is 10.9 Å². The number of amides is 3. The molecule has 3 amide bonds. The highest BCUT2D eigenvalue weighted by Gasteiger charge is 2.42. The fourth-order valence-corrected chi connectivity index (χ4v) is 8.75. The van der Waals surface area contributed by atoms with Crippen molar-refractivity contribution in [1.82, 2.24) is 46.2 Å². The summed E-state index contributed by atoms with van der Waals surface area (Å²) in [6.07, 6.45) is 9.46. The zero-order chi connectivity index (χ0) is 36.4. The molecule has 288 valence electrons. The molecule has 17 nitrogen and oxygen atoms in total. The Kier molecular flexibility index (Phi) is 12.8. The number of ether oxygens (including phenoxy) is 4. The maximum Gasteiger partial charge on any atom is 0.315 e. The van der Waals surface area contributed by atoms with E-state index in [-0.39, 0.29) is 44.2 Å². The minimum atomic E-state index is -0.0705. The summed E-state index contributed by atoms with van der Waals surface area (Å²) in [6, 6.07) is 4.52. The summed E-state index contributed by atoms with van der Waals surface area (Å²) in [5, 5.41) is 25.6. The van der Waals surface area contributed by atoms with E-state index in [4.69, 9.17) is 28.9 Å². The van der Waals surface area contributed by atoms with Crippen molar-refractivity contribution in [3.05, 3.63) is 24.0 Å². The van der Waals surface area contributed by atoms with E-state index in [2.05, 4.69) is 41.8 Å². The molecule has 0 bridgehead atoms. The second-order valence-corrected chi connectivity index (χ2v) is 15.2. The number of benzene rings is 1. The summed E-state index contributed by atoms with van der Waals surface area (Å²) in [7, 11) is 1.63. The van der Waals surface area contributed by atoms with E-state index < -0.39 is 0 Å². The van der Waals surface area contributed by atoms with Gasteiger partial charge in [0.1, 0.15) is 31.6 Å². The molecule has 5 N–H and O–H groups in total. The van der Waals surface area contributed by atoms with Crippen molar-refractivity contribution in [1.29, 1.82) is 0 Å². The maximum absolute atomic E-state index is 12.2. The van der Waals surface area contributed by atoms with Gasteiger partial charge in [0.25, 0.3) is 0 Å². The Balaban J connectivity index is 0.817. The van der Waals surface area contributed by atoms with Crippen LogP contribution in [-0.4, -0.2) is 119 Å². The normalized spacial score (nSPS) is 22.4. The van der Waals surface area contributed by atoms with E-state index in [0.717, 1.165) is 99.5 Å². The molecular formula is C35H51N11O6S. The Morgan fingerprint density at radius 1 is 1.09 bits per heavy atom. The largest absolute Gasteiger partial charge is 0.493 e. The van der Waals surface area contributed by atoms with Gasteiger partial charge in [0.05, 0.1) is 44.1 Å². The number of rotatable bonds is 19. The standard InChI is InChI=1S/C35H51N11O6S/c1-49-28-15-25-26(39-34(45-11-4-5-12-45)42-33(25)38-23-7-6-10-36-17-23)16-29(28)52-19-24-18-46(44-43-24)13-14-50-22-51-21-37-31(47)9-3-2-8-30-32-27(20-53-30)40-35(48)41-32/h15-16,18,23,27,30,32,36H,2-14,17,19-22H2,1H3,(H,37,47)(H,38,39,42)(H2,40,41,48)/t23-,27+,30+,32+/m1/s1. The lowest BCUT2D eigenvalue weighted by Crippen LogP contribution is -2.38. The van der Waals surface area contributed by atoms with Crippen LogP contribution in [-0.2, 0) is 27.4 Å². The summed E-state index contributed by atoms with van der Waals surface area (Å²) >= 11 is 1.89. The van der Waals surface area contributed by atoms with Crippen LogP contribution in [0, 0.1) is 0 Å². The number of piperidine rings is 1. The fraction of sp³-hybridized carbons (Fsp3) is 0.657. The molecule has 0 saturated carbocycles. The molecule has 3 aromatic rings. The van der Waals surface area contributed by atoms with Gasteiger partial charge in [0.2, 0.25) is 11.9 Å². The van der Waals surface area contributed by atoms with Gasteiger partial charge in [-0.25, -0.2) is 14.5 Å². The number of methoxy groups -OCH3 is 1. The van der Waals surface area contributed by atoms with Gasteiger partial charge in [-0.15, -0.1) is 5.10 Å². The molecular weight excluding hydrogens is 703 g/mol. The molecule has 7 rings (SSSR count). The van der Waals surface area contributed by atoms with Crippen LogP contribution >= 0.6 is 11.8 Å². The lowest BCUT2D eigenvalue weighted by molar-refractivity contribution is -0.125. The number of nitrogens with one attached hydrogen (secondary N) is 5. The van der Waals surface area contributed by atoms with Crippen molar-refractivity contribution < 1.29 is 28.5 Å². The molecule has 53 heavy (non-hydrogen) atoms. The van der Waals surface area contributed by atoms with Gasteiger partial charge in [-0.2, -0.15) is 16.7 Å². The molecule has 0 aliphatic carbocycles. The number of unbranched alkanes of at least 4 members (excludes halogenated alkanes) is 1. The minimum Gasteiger partial charge on any atom is -0.493 e. The molecule has 1 aromatic carbocycles. The van der Waals surface area contributed by atoms with Gasteiger partial charge in [0, 0.05) is 54.6 Å². The molecule has 4 aliphatic heterocycles. The number of hydrogen-bond acceptors (Lipinski definition) is 14. The lowest BCUT2D eigenvalue weighted by Gasteiger charge is -2.26. The third kappa shape index (κ3) is 9.90. The second kappa shape index (κ2) is 18.3. The number of urea groups is 1. The average Bonchev–Trinajstić information content (AvgIpc) is 3.99. The summed E-state index contributed by atoms with van der Waals surface area (Å²) in [5.74, 6) is 3.60. The summed E-state index contributed by atoms with van der Waals surface area (Å²) in [5.41, 5.74) is 1.45. The number of aromatic nitrogens is 5. The Morgan fingerprint density at radius 3 is 2.85 bits per heavy atom. The number of thioether (sulfide) groups is 1. The maximum atomic E-state index is 12.2. The first kappa shape index (κ1) is 37.2. The van der Waals surface area contributed by atoms with Crippen LogP contribution in [0.3, 0.4) is 0 Å². The lowest BCUT2D eigenvalue weighted by atomic mass is 10.0. The second-order valence-electron chi connectivity index (χ2n) is 13.9. The van der Waals surface area contributed by atoms with Crippen molar-refractivity contribution in [3.63, 3.8) is 0 Å². The van der Waals surface area contributed by atoms with Gasteiger partial charge >= 0.3 is 6.03 Å². The topological polar surface area (TPSA) is 191 Å². The number of anilines is 2. The number of hydrogen-bond donors (Lipinski definition) is 5. The van der Waals surface area contributed by atoms with Crippen molar-refractivity contribution in [2.24, 2.45) is 0 Å². The van der Waals surface area contributed by atoms with Crippen LogP contribution < -0.4 is 41.0 Å². The molecule has 0 unspecified atom stereocenters. The highest BCUT2D eigenvalue weighted by molar-refractivity contribution is 8.00. The zero-order valence-corrected chi connectivity index (χ0v) is 31.1. The molecule has 4 fully saturated rings. The first-order valence-electron chi connectivity index (χ1n) is 18.8. The quantitative estimate of drug-likeness (QED) is 0.0681. The van der Waals surface area contributed by atoms with Gasteiger partial charge < -0.3 is 50.4 Å². The van der Waals surface area contributed by atoms with E-state index in [1.54, 1.807) is 11.8 Å². The minimum absolute atomic E-state index is 0.0473. The Bertz CT molecular complexity index is 1690. The van der Waals surface area contributed by atoms with Crippen molar-refractivity contribution in [3.8, 4) is 11.5 Å². The van der Waals surface area contributed by atoms with Crippen molar-refractivity contribution >= 4 is 46.4 Å². The third-order valence-corrected chi connectivity index (χ3v) is 11.5. The number of fused-ring (bicyclic) bond motifs is 2. The van der Waals surface area contributed by atoms with E-state index in [9.17, 15) is 9.59 Å². The van der Waals surface area contributed by atoms with E-state index in [1.165, 1.54) is 0 Å². The first-order valence-corrected chi connectivity index (χ1v) is 19.8. The Morgan fingerprint density at radius 2 is 2.00 bits per heavy atom. The third-order valence-electron chi connectivity index (χ3n) is 10.0. The summed E-state index contributed by atoms with van der Waals surface area (Å²) < 4.78 is 24.6. The van der Waals surface area contributed by atoms with Gasteiger partial charge in [-0.3, -0.25) is 4.79 Å². The predicted octanol–water partition coefficient (Wildman–Crippen LogP) is 2.36. The molecule has 4 saturated heterocycles. The van der Waals surface area contributed by atoms with Crippen molar-refractivity contribution in [2.45, 2.75) is 87.9 Å². The molecule has 0 spiro atoms.